The molecule has 136 valence electrons. The number of aromatic hydroxyl groups is 1. The molecule has 0 saturated heterocycles. The summed E-state index contributed by atoms with van der Waals surface area (Å²) in [5.41, 5.74) is 5.31. The number of allylic oxidation sites excluding steroid dienone is 2. The maximum Gasteiger partial charge on any atom is 0.224 e. The van der Waals surface area contributed by atoms with Crippen LogP contribution in [0.3, 0.4) is 0 Å². The standard InChI is InChI=1S/C22H31NO2/c1-2-17-14-16(8-13-21(17)24)15-22(25)23-20-11-9-19(10-12-20)18-6-4-3-5-7-18/h8,13-14,20,24H,2-7,9-12,15H2,1H3,(H,23,25). The van der Waals surface area contributed by atoms with Crippen molar-refractivity contribution in [2.45, 2.75) is 83.6 Å². The van der Waals surface area contributed by atoms with Crippen LogP contribution in [0.4, 0.5) is 0 Å². The molecule has 1 amide bonds. The molecule has 0 atom stereocenters. The number of carbonyl (C=O) groups excluding carboxylic acids is 1. The Morgan fingerprint density at radius 1 is 1.08 bits per heavy atom. The van der Waals surface area contributed by atoms with Gasteiger partial charge in [0, 0.05) is 6.04 Å². The van der Waals surface area contributed by atoms with E-state index >= 15 is 0 Å². The van der Waals surface area contributed by atoms with Gasteiger partial charge in [-0.15, -0.1) is 0 Å². The van der Waals surface area contributed by atoms with Crippen LogP contribution in [0.15, 0.2) is 29.3 Å². The summed E-state index contributed by atoms with van der Waals surface area (Å²) in [5, 5.41) is 13.0. The van der Waals surface area contributed by atoms with E-state index in [-0.39, 0.29) is 5.91 Å². The maximum atomic E-state index is 12.4. The number of carbonyl (C=O) groups is 1. The third-order valence-corrected chi connectivity index (χ3v) is 5.80. The number of hydrogen-bond acceptors (Lipinski definition) is 2. The summed E-state index contributed by atoms with van der Waals surface area (Å²) in [6.45, 7) is 2.01. The average molecular weight is 341 g/mol. The van der Waals surface area contributed by atoms with Gasteiger partial charge in [-0.25, -0.2) is 0 Å². The monoisotopic (exact) mass is 341 g/mol. The minimum Gasteiger partial charge on any atom is -0.508 e. The van der Waals surface area contributed by atoms with Crippen molar-refractivity contribution in [1.82, 2.24) is 5.32 Å². The number of amides is 1. The largest absolute Gasteiger partial charge is 0.508 e. The van der Waals surface area contributed by atoms with Crippen molar-refractivity contribution in [2.75, 3.05) is 0 Å². The molecule has 2 N–H and O–H groups in total. The molecular weight excluding hydrogens is 310 g/mol. The van der Waals surface area contributed by atoms with E-state index in [4.69, 9.17) is 0 Å². The Balaban J connectivity index is 1.49. The normalized spacial score (nSPS) is 21.2. The van der Waals surface area contributed by atoms with Gasteiger partial charge in [-0.1, -0.05) is 36.6 Å². The molecule has 3 nitrogen and oxygen atoms in total. The SMILES string of the molecule is CCc1cc(CC(=O)NC2CCC(=C3CCCCC3)CC2)ccc1O. The Morgan fingerprint density at radius 2 is 1.76 bits per heavy atom. The molecule has 3 heteroatoms. The maximum absolute atomic E-state index is 12.4. The van der Waals surface area contributed by atoms with Crippen molar-refractivity contribution in [3.05, 3.63) is 40.5 Å². The molecule has 0 aliphatic heterocycles. The number of aryl methyl sites for hydroxylation is 1. The van der Waals surface area contributed by atoms with Crippen LogP contribution in [0.1, 0.15) is 75.8 Å². The molecule has 1 aromatic carbocycles. The molecule has 0 spiro atoms. The van der Waals surface area contributed by atoms with Gasteiger partial charge in [-0.2, -0.15) is 0 Å². The van der Waals surface area contributed by atoms with E-state index in [9.17, 15) is 9.90 Å². The van der Waals surface area contributed by atoms with E-state index < -0.39 is 0 Å². The van der Waals surface area contributed by atoms with Crippen LogP contribution in [-0.4, -0.2) is 17.1 Å². The quantitative estimate of drug-likeness (QED) is 0.772. The Kier molecular flexibility index (Phi) is 6.17. The van der Waals surface area contributed by atoms with Crippen molar-refractivity contribution in [3.63, 3.8) is 0 Å². The lowest BCUT2D eigenvalue weighted by Crippen LogP contribution is -2.37. The fraction of sp³-hybridized carbons (Fsp3) is 0.591. The first kappa shape index (κ1) is 18.0. The van der Waals surface area contributed by atoms with E-state index in [1.54, 1.807) is 17.2 Å². The number of benzene rings is 1. The number of nitrogens with one attached hydrogen (secondary N) is 1. The summed E-state index contributed by atoms with van der Waals surface area (Å²) < 4.78 is 0. The average Bonchev–Trinajstić information content (AvgIpc) is 2.64. The molecule has 2 aliphatic carbocycles. The molecule has 0 aromatic heterocycles. The first-order valence-corrected chi connectivity index (χ1v) is 9.95. The van der Waals surface area contributed by atoms with Gasteiger partial charge in [0.25, 0.3) is 0 Å². The summed E-state index contributed by atoms with van der Waals surface area (Å²) in [6, 6.07) is 5.82. The summed E-state index contributed by atoms with van der Waals surface area (Å²) in [6.07, 6.45) is 12.4. The summed E-state index contributed by atoms with van der Waals surface area (Å²) >= 11 is 0. The molecule has 2 fully saturated rings. The van der Waals surface area contributed by atoms with Crippen molar-refractivity contribution in [1.29, 1.82) is 0 Å². The molecule has 2 aliphatic rings. The van der Waals surface area contributed by atoms with Crippen LogP contribution in [0.5, 0.6) is 5.75 Å². The van der Waals surface area contributed by atoms with Gasteiger partial charge in [0.05, 0.1) is 6.42 Å². The third kappa shape index (κ3) is 4.87. The zero-order valence-corrected chi connectivity index (χ0v) is 15.4. The molecule has 0 unspecified atom stereocenters. The highest BCUT2D eigenvalue weighted by atomic mass is 16.3. The third-order valence-electron chi connectivity index (χ3n) is 5.80. The lowest BCUT2D eigenvalue weighted by atomic mass is 9.82. The Hall–Kier alpha value is -1.77. The van der Waals surface area contributed by atoms with Gasteiger partial charge >= 0.3 is 0 Å². The van der Waals surface area contributed by atoms with Gasteiger partial charge < -0.3 is 10.4 Å². The van der Waals surface area contributed by atoms with Crippen LogP contribution in [0.25, 0.3) is 0 Å². The molecule has 0 heterocycles. The van der Waals surface area contributed by atoms with Crippen LogP contribution < -0.4 is 5.32 Å². The van der Waals surface area contributed by atoms with E-state index in [0.29, 0.717) is 18.2 Å². The van der Waals surface area contributed by atoms with Gasteiger partial charge in [0.2, 0.25) is 5.91 Å². The van der Waals surface area contributed by atoms with Crippen LogP contribution >= 0.6 is 0 Å². The van der Waals surface area contributed by atoms with Crippen molar-refractivity contribution in [3.8, 4) is 5.75 Å². The highest BCUT2D eigenvalue weighted by molar-refractivity contribution is 5.79. The highest BCUT2D eigenvalue weighted by Crippen LogP contribution is 2.33. The minimum absolute atomic E-state index is 0.103. The molecule has 0 radical (unpaired) electrons. The number of rotatable bonds is 4. The molecule has 2 saturated carbocycles. The van der Waals surface area contributed by atoms with Gasteiger partial charge in [-0.05, 0) is 75.0 Å². The van der Waals surface area contributed by atoms with Crippen LogP contribution in [0.2, 0.25) is 0 Å². The summed E-state index contributed by atoms with van der Waals surface area (Å²) in [7, 11) is 0. The fourth-order valence-corrected chi connectivity index (χ4v) is 4.29. The lowest BCUT2D eigenvalue weighted by molar-refractivity contribution is -0.121. The van der Waals surface area contributed by atoms with Crippen molar-refractivity contribution < 1.29 is 9.90 Å². The van der Waals surface area contributed by atoms with E-state index in [1.165, 1.54) is 44.9 Å². The van der Waals surface area contributed by atoms with Gasteiger partial charge in [-0.3, -0.25) is 4.79 Å². The second-order valence-electron chi connectivity index (χ2n) is 7.60. The summed E-state index contributed by atoms with van der Waals surface area (Å²) in [5.74, 6) is 0.425. The first-order valence-electron chi connectivity index (χ1n) is 9.95. The van der Waals surface area contributed by atoms with E-state index in [2.05, 4.69) is 5.32 Å². The van der Waals surface area contributed by atoms with E-state index in [0.717, 1.165) is 30.4 Å². The van der Waals surface area contributed by atoms with E-state index in [1.807, 2.05) is 19.1 Å². The van der Waals surface area contributed by atoms with Crippen molar-refractivity contribution >= 4 is 5.91 Å². The molecule has 1 aromatic rings. The van der Waals surface area contributed by atoms with Crippen LogP contribution in [0, 0.1) is 0 Å². The minimum atomic E-state index is 0.103. The fourth-order valence-electron chi connectivity index (χ4n) is 4.29. The van der Waals surface area contributed by atoms with Crippen LogP contribution in [-0.2, 0) is 17.6 Å². The molecule has 0 bridgehead atoms. The lowest BCUT2D eigenvalue weighted by Gasteiger charge is -2.28. The van der Waals surface area contributed by atoms with Gasteiger partial charge in [0.15, 0.2) is 0 Å². The second kappa shape index (κ2) is 8.55. The van der Waals surface area contributed by atoms with Crippen molar-refractivity contribution in [2.24, 2.45) is 0 Å². The predicted molar refractivity (Wildman–Crippen MR) is 102 cm³/mol. The van der Waals surface area contributed by atoms with Gasteiger partial charge in [0.1, 0.15) is 5.75 Å². The summed E-state index contributed by atoms with van der Waals surface area (Å²) in [4.78, 5) is 12.4. The predicted octanol–water partition coefficient (Wildman–Crippen LogP) is 4.82. The molecule has 3 rings (SSSR count). The first-order chi connectivity index (χ1) is 12.2. The topological polar surface area (TPSA) is 49.3 Å². The Morgan fingerprint density at radius 3 is 2.44 bits per heavy atom. The highest BCUT2D eigenvalue weighted by Gasteiger charge is 2.21. The zero-order chi connectivity index (χ0) is 17.6. The molecule has 25 heavy (non-hydrogen) atoms. The smallest absolute Gasteiger partial charge is 0.224 e. The Bertz CT molecular complexity index is 629. The number of hydrogen-bond donors (Lipinski definition) is 2. The number of phenolic OH excluding ortho intramolecular Hbond substituents is 1. The Labute approximate surface area is 151 Å². The number of phenols is 1. The second-order valence-corrected chi connectivity index (χ2v) is 7.60. The molecular formula is C22H31NO2. The zero-order valence-electron chi connectivity index (χ0n) is 15.4.